The van der Waals surface area contributed by atoms with Gasteiger partial charge in [0.05, 0.1) is 6.61 Å². The highest BCUT2D eigenvalue weighted by Crippen LogP contribution is 2.53. The summed E-state index contributed by atoms with van der Waals surface area (Å²) >= 11 is 6.39. The molecule has 0 aromatic heterocycles. The summed E-state index contributed by atoms with van der Waals surface area (Å²) in [6, 6.07) is 0. The maximum Gasteiger partial charge on any atom is 0.213 e. The number of carbonyl (C=O) groups excluding carboxylic acids is 1. The molecule has 0 aliphatic heterocycles. The zero-order chi connectivity index (χ0) is 8.04. The second-order valence-electron chi connectivity index (χ2n) is 1.34. The second-order valence-corrected chi connectivity index (χ2v) is 8.10. The van der Waals surface area contributed by atoms with Crippen molar-refractivity contribution < 1.29 is 9.32 Å². The Morgan fingerprint density at radius 3 is 2.80 bits per heavy atom. The molecule has 0 saturated heterocycles. The third kappa shape index (κ3) is 3.56. The van der Waals surface area contributed by atoms with Crippen LogP contribution in [-0.2, 0) is 21.1 Å². The number of nitrogens with one attached hydrogen (secondary N) is 1. The van der Waals surface area contributed by atoms with Gasteiger partial charge in [-0.3, -0.25) is 4.79 Å². The normalized spacial score (nSPS) is 15.8. The van der Waals surface area contributed by atoms with Crippen molar-refractivity contribution in [1.29, 1.82) is 0 Å². The molecule has 0 rings (SSSR count). The Kier molecular flexibility index (Phi) is 5.35. The molecule has 0 aromatic rings. The first-order chi connectivity index (χ1) is 4.68. The molecule has 0 aromatic carbocycles. The van der Waals surface area contributed by atoms with Gasteiger partial charge in [0.2, 0.25) is 12.0 Å². The summed E-state index contributed by atoms with van der Waals surface area (Å²) in [5.41, 5.74) is -2.07. The van der Waals surface area contributed by atoms with Gasteiger partial charge in [-0.2, -0.15) is 0 Å². The van der Waals surface area contributed by atoms with Gasteiger partial charge in [-0.1, -0.05) is 11.4 Å². The van der Waals surface area contributed by atoms with Crippen molar-refractivity contribution in [3.8, 4) is 0 Å². The molecular weight excluding hydrogens is 189 g/mol. The fourth-order valence-electron chi connectivity index (χ4n) is 0.377. The van der Waals surface area contributed by atoms with Crippen LogP contribution in [-0.4, -0.2) is 19.3 Å². The average Bonchev–Trinajstić information content (AvgIpc) is 1.89. The Bertz CT molecular complexity index is 152. The van der Waals surface area contributed by atoms with Crippen molar-refractivity contribution >= 4 is 35.2 Å². The van der Waals surface area contributed by atoms with Crippen LogP contribution in [0.1, 0.15) is 6.92 Å². The Morgan fingerprint density at radius 1 is 1.90 bits per heavy atom. The van der Waals surface area contributed by atoms with Gasteiger partial charge >= 0.3 is 0 Å². The first-order valence-electron chi connectivity index (χ1n) is 2.70. The smallest absolute Gasteiger partial charge is 0.213 e. The summed E-state index contributed by atoms with van der Waals surface area (Å²) < 4.78 is 5.17. The van der Waals surface area contributed by atoms with Gasteiger partial charge in [-0.25, -0.2) is 0 Å². The summed E-state index contributed by atoms with van der Waals surface area (Å²) in [5.74, 6) is 0. The molecule has 1 atom stereocenters. The Labute approximate surface area is 69.8 Å². The fourth-order valence-corrected chi connectivity index (χ4v) is 2.65. The summed E-state index contributed by atoms with van der Waals surface area (Å²) in [7, 11) is 0. The monoisotopic (exact) mass is 199 g/mol. The molecule has 10 heavy (non-hydrogen) atoms. The average molecular weight is 199 g/mol. The summed E-state index contributed by atoms with van der Waals surface area (Å²) in [4.78, 5) is 10.0. The van der Waals surface area contributed by atoms with Crippen LogP contribution in [0.3, 0.4) is 0 Å². The molecule has 0 saturated carbocycles. The van der Waals surface area contributed by atoms with E-state index in [4.69, 9.17) is 16.3 Å². The van der Waals surface area contributed by atoms with Gasteiger partial charge in [0.25, 0.3) is 0 Å². The van der Waals surface area contributed by atoms with Gasteiger partial charge in [0.15, 0.2) is 0 Å². The number of carbonyl (C=O) groups is 1. The molecule has 1 amide bonds. The first kappa shape index (κ1) is 10.4. The maximum atomic E-state index is 10.0. The lowest BCUT2D eigenvalue weighted by Crippen LogP contribution is -2.06. The van der Waals surface area contributed by atoms with Crippen LogP contribution >= 0.6 is 17.0 Å². The zero-order valence-electron chi connectivity index (χ0n) is 5.86. The SMILES string of the molecule is CCOP(=S)(NC=O)SC. The third-order valence-corrected chi connectivity index (χ3v) is 6.30. The number of amides is 1. The standard InChI is InChI=1S/C4H10NO2PS2/c1-3-7-8(9,10-2)5-4-6/h4H,3H2,1-2H3,(H,5,6,9). The minimum atomic E-state index is -2.07. The van der Waals surface area contributed by atoms with Gasteiger partial charge < -0.3 is 9.61 Å². The van der Waals surface area contributed by atoms with Crippen LogP contribution in [0.2, 0.25) is 0 Å². The molecule has 0 aliphatic carbocycles. The quantitative estimate of drug-likeness (QED) is 0.536. The van der Waals surface area contributed by atoms with Gasteiger partial charge in [-0.05, 0) is 25.0 Å². The molecule has 6 heteroatoms. The van der Waals surface area contributed by atoms with E-state index in [1.54, 1.807) is 0 Å². The fraction of sp³-hybridized carbons (Fsp3) is 0.750. The predicted octanol–water partition coefficient (Wildman–Crippen LogP) is 1.36. The van der Waals surface area contributed by atoms with Crippen LogP contribution in [0.25, 0.3) is 0 Å². The molecule has 0 radical (unpaired) electrons. The molecule has 0 heterocycles. The lowest BCUT2D eigenvalue weighted by Gasteiger charge is -2.16. The molecule has 1 unspecified atom stereocenters. The first-order valence-corrected chi connectivity index (χ1v) is 7.25. The van der Waals surface area contributed by atoms with E-state index in [1.807, 2.05) is 13.2 Å². The zero-order valence-corrected chi connectivity index (χ0v) is 8.39. The molecule has 0 bridgehead atoms. The highest BCUT2D eigenvalue weighted by atomic mass is 32.9. The van der Waals surface area contributed by atoms with E-state index in [-0.39, 0.29) is 0 Å². The van der Waals surface area contributed by atoms with Crippen molar-refractivity contribution in [2.24, 2.45) is 0 Å². The molecule has 0 aliphatic rings. The van der Waals surface area contributed by atoms with Crippen LogP contribution < -0.4 is 5.09 Å². The lowest BCUT2D eigenvalue weighted by molar-refractivity contribution is -0.108. The lowest BCUT2D eigenvalue weighted by atomic mass is 10.9. The topological polar surface area (TPSA) is 38.3 Å². The Morgan fingerprint density at radius 2 is 2.50 bits per heavy atom. The van der Waals surface area contributed by atoms with E-state index < -0.39 is 5.62 Å². The van der Waals surface area contributed by atoms with Crippen molar-refractivity contribution in [3.63, 3.8) is 0 Å². The van der Waals surface area contributed by atoms with Crippen LogP contribution in [0.15, 0.2) is 0 Å². The van der Waals surface area contributed by atoms with Crippen molar-refractivity contribution in [2.45, 2.75) is 6.92 Å². The highest BCUT2D eigenvalue weighted by molar-refractivity contribution is 8.68. The summed E-state index contributed by atoms with van der Waals surface area (Å²) in [5, 5.41) is 2.50. The molecular formula is C4H10NO2PS2. The van der Waals surface area contributed by atoms with E-state index in [1.165, 1.54) is 11.4 Å². The number of hydrogen-bond acceptors (Lipinski definition) is 4. The van der Waals surface area contributed by atoms with Crippen LogP contribution in [0, 0.1) is 0 Å². The molecule has 0 spiro atoms. The molecule has 3 nitrogen and oxygen atoms in total. The van der Waals surface area contributed by atoms with Gasteiger partial charge in [0.1, 0.15) is 0 Å². The number of hydrogen-bond donors (Lipinski definition) is 1. The van der Waals surface area contributed by atoms with E-state index >= 15 is 0 Å². The minimum Gasteiger partial charge on any atom is -0.327 e. The van der Waals surface area contributed by atoms with E-state index in [0.717, 1.165) is 0 Å². The highest BCUT2D eigenvalue weighted by Gasteiger charge is 2.12. The second kappa shape index (κ2) is 5.13. The third-order valence-electron chi connectivity index (χ3n) is 0.750. The minimum absolute atomic E-state index is 0.541. The largest absolute Gasteiger partial charge is 0.327 e. The number of rotatable bonds is 5. The molecule has 1 N–H and O–H groups in total. The Hall–Kier alpha value is 0.430. The molecule has 60 valence electrons. The van der Waals surface area contributed by atoms with E-state index in [2.05, 4.69) is 5.09 Å². The van der Waals surface area contributed by atoms with Crippen LogP contribution in [0.4, 0.5) is 0 Å². The van der Waals surface area contributed by atoms with Gasteiger partial charge in [-0.15, -0.1) is 0 Å². The summed E-state index contributed by atoms with van der Waals surface area (Å²) in [6.07, 6.45) is 2.42. The maximum absolute atomic E-state index is 10.0. The van der Waals surface area contributed by atoms with Gasteiger partial charge in [0, 0.05) is 0 Å². The Balaban J connectivity index is 3.94. The van der Waals surface area contributed by atoms with Crippen LogP contribution in [0.5, 0.6) is 0 Å². The van der Waals surface area contributed by atoms with E-state index in [0.29, 0.717) is 13.0 Å². The predicted molar refractivity (Wildman–Crippen MR) is 48.6 cm³/mol. The van der Waals surface area contributed by atoms with Crippen molar-refractivity contribution in [2.75, 3.05) is 12.9 Å². The van der Waals surface area contributed by atoms with Crippen molar-refractivity contribution in [1.82, 2.24) is 5.09 Å². The van der Waals surface area contributed by atoms with E-state index in [9.17, 15) is 4.79 Å². The van der Waals surface area contributed by atoms with Crippen molar-refractivity contribution in [3.05, 3.63) is 0 Å². The molecule has 0 fully saturated rings. The summed E-state index contributed by atoms with van der Waals surface area (Å²) in [6.45, 7) is 2.39.